The average Bonchev–Trinajstić information content (AvgIpc) is 2.96. The number of fused-ring (bicyclic) bond motifs is 1. The number of carbonyl (C=O) groups excluding carboxylic acids is 1. The van der Waals surface area contributed by atoms with Gasteiger partial charge in [-0.2, -0.15) is 0 Å². The van der Waals surface area contributed by atoms with Crippen LogP contribution in [-0.2, 0) is 18.3 Å². The molecule has 134 valence electrons. The summed E-state index contributed by atoms with van der Waals surface area (Å²) in [6.45, 7) is 8.48. The van der Waals surface area contributed by atoms with Gasteiger partial charge >= 0.3 is 0 Å². The SMILES string of the molecule is Cc1cnc(C(=O)N2Cc3ncn(C)c3C(COCC(C)C)C2)cn1. The van der Waals surface area contributed by atoms with Crippen LogP contribution in [0.15, 0.2) is 18.7 Å². The van der Waals surface area contributed by atoms with E-state index in [0.29, 0.717) is 37.9 Å². The van der Waals surface area contributed by atoms with Crippen LogP contribution in [0, 0.1) is 12.8 Å². The topological polar surface area (TPSA) is 73.1 Å². The van der Waals surface area contributed by atoms with Crippen molar-refractivity contribution in [1.82, 2.24) is 24.4 Å². The molecule has 3 rings (SSSR count). The fourth-order valence-electron chi connectivity index (χ4n) is 3.13. The van der Waals surface area contributed by atoms with E-state index in [9.17, 15) is 4.79 Å². The monoisotopic (exact) mass is 343 g/mol. The molecule has 1 atom stereocenters. The number of carbonyl (C=O) groups is 1. The number of aryl methyl sites for hydroxylation is 2. The predicted octanol–water partition coefficient (Wildman–Crippen LogP) is 1.93. The van der Waals surface area contributed by atoms with Gasteiger partial charge in [-0.15, -0.1) is 0 Å². The second-order valence-electron chi connectivity index (χ2n) is 7.04. The van der Waals surface area contributed by atoms with Crippen molar-refractivity contribution in [3.8, 4) is 0 Å². The number of aromatic nitrogens is 4. The van der Waals surface area contributed by atoms with E-state index in [1.165, 1.54) is 6.20 Å². The lowest BCUT2D eigenvalue weighted by atomic mass is 9.98. The van der Waals surface area contributed by atoms with E-state index < -0.39 is 0 Å². The standard InChI is InChI=1S/C18H25N5O2/c1-12(2)9-25-10-14-7-23(8-16-17(14)22(4)11-21-16)18(24)15-6-19-13(3)5-20-15/h5-6,11-12,14H,7-10H2,1-4H3. The van der Waals surface area contributed by atoms with E-state index in [0.717, 1.165) is 17.1 Å². The third kappa shape index (κ3) is 3.87. The van der Waals surface area contributed by atoms with Crippen LogP contribution in [-0.4, -0.2) is 50.1 Å². The highest BCUT2D eigenvalue weighted by molar-refractivity contribution is 5.92. The van der Waals surface area contributed by atoms with Gasteiger partial charge in [-0.3, -0.25) is 9.78 Å². The molecular formula is C18H25N5O2. The van der Waals surface area contributed by atoms with Crippen LogP contribution < -0.4 is 0 Å². The molecule has 7 nitrogen and oxygen atoms in total. The highest BCUT2D eigenvalue weighted by atomic mass is 16.5. The normalized spacial score (nSPS) is 17.0. The number of nitrogens with zero attached hydrogens (tertiary/aromatic N) is 5. The quantitative estimate of drug-likeness (QED) is 0.829. The molecule has 2 aromatic heterocycles. The molecule has 0 spiro atoms. The number of ether oxygens (including phenoxy) is 1. The lowest BCUT2D eigenvalue weighted by Crippen LogP contribution is -2.40. The molecule has 0 saturated heterocycles. The predicted molar refractivity (Wildman–Crippen MR) is 93.1 cm³/mol. The summed E-state index contributed by atoms with van der Waals surface area (Å²) in [6, 6.07) is 0. The number of hydrogen-bond donors (Lipinski definition) is 0. The molecule has 0 bridgehead atoms. The van der Waals surface area contributed by atoms with Crippen molar-refractivity contribution in [1.29, 1.82) is 0 Å². The summed E-state index contributed by atoms with van der Waals surface area (Å²) in [4.78, 5) is 27.5. The zero-order valence-electron chi connectivity index (χ0n) is 15.3. The number of amides is 1. The fourth-order valence-corrected chi connectivity index (χ4v) is 3.13. The maximum atomic E-state index is 12.8. The van der Waals surface area contributed by atoms with Crippen LogP contribution in [0.2, 0.25) is 0 Å². The number of hydrogen-bond acceptors (Lipinski definition) is 5. The fraction of sp³-hybridized carbons (Fsp3) is 0.556. The molecule has 2 aromatic rings. The Labute approximate surface area is 148 Å². The van der Waals surface area contributed by atoms with Gasteiger partial charge in [0.1, 0.15) is 5.69 Å². The van der Waals surface area contributed by atoms with E-state index in [1.807, 2.05) is 18.5 Å². The molecule has 0 N–H and O–H groups in total. The molecule has 1 unspecified atom stereocenters. The second-order valence-corrected chi connectivity index (χ2v) is 7.04. The van der Waals surface area contributed by atoms with Crippen molar-refractivity contribution in [3.63, 3.8) is 0 Å². The van der Waals surface area contributed by atoms with Crippen molar-refractivity contribution in [2.45, 2.75) is 33.2 Å². The van der Waals surface area contributed by atoms with Crippen LogP contribution in [0.4, 0.5) is 0 Å². The maximum Gasteiger partial charge on any atom is 0.274 e. The Balaban J connectivity index is 1.78. The third-order valence-electron chi connectivity index (χ3n) is 4.29. The first-order chi connectivity index (χ1) is 12.0. The molecule has 0 aliphatic carbocycles. The molecular weight excluding hydrogens is 318 g/mol. The van der Waals surface area contributed by atoms with Crippen molar-refractivity contribution in [2.24, 2.45) is 13.0 Å². The zero-order chi connectivity index (χ0) is 18.0. The summed E-state index contributed by atoms with van der Waals surface area (Å²) in [7, 11) is 1.99. The van der Waals surface area contributed by atoms with Crippen molar-refractivity contribution >= 4 is 5.91 Å². The zero-order valence-corrected chi connectivity index (χ0v) is 15.3. The largest absolute Gasteiger partial charge is 0.380 e. The summed E-state index contributed by atoms with van der Waals surface area (Å²) in [5.41, 5.74) is 3.25. The minimum Gasteiger partial charge on any atom is -0.380 e. The van der Waals surface area contributed by atoms with E-state index >= 15 is 0 Å². The maximum absolute atomic E-state index is 12.8. The minimum absolute atomic E-state index is 0.109. The summed E-state index contributed by atoms with van der Waals surface area (Å²) in [6.07, 6.45) is 4.96. The van der Waals surface area contributed by atoms with Gasteiger partial charge in [0.25, 0.3) is 5.91 Å². The van der Waals surface area contributed by atoms with Gasteiger partial charge in [0, 0.05) is 38.0 Å². The Hall–Kier alpha value is -2.28. The summed E-state index contributed by atoms with van der Waals surface area (Å²) >= 11 is 0. The Morgan fingerprint density at radius 1 is 1.32 bits per heavy atom. The van der Waals surface area contributed by atoms with E-state index in [-0.39, 0.29) is 11.8 Å². The lowest BCUT2D eigenvalue weighted by molar-refractivity contribution is 0.0587. The van der Waals surface area contributed by atoms with E-state index in [4.69, 9.17) is 4.74 Å². The van der Waals surface area contributed by atoms with Gasteiger partial charge in [-0.1, -0.05) is 13.8 Å². The molecule has 25 heavy (non-hydrogen) atoms. The summed E-state index contributed by atoms with van der Waals surface area (Å²) in [5.74, 6) is 0.477. The highest BCUT2D eigenvalue weighted by Gasteiger charge is 2.32. The highest BCUT2D eigenvalue weighted by Crippen LogP contribution is 2.28. The first-order valence-corrected chi connectivity index (χ1v) is 8.61. The van der Waals surface area contributed by atoms with Crippen LogP contribution in [0.1, 0.15) is 47.3 Å². The van der Waals surface area contributed by atoms with Crippen molar-refractivity contribution in [2.75, 3.05) is 19.8 Å². The summed E-state index contributed by atoms with van der Waals surface area (Å²) < 4.78 is 7.89. The minimum atomic E-state index is -0.113. The Bertz CT molecular complexity index is 738. The molecule has 0 aromatic carbocycles. The van der Waals surface area contributed by atoms with Crippen LogP contribution in [0.5, 0.6) is 0 Å². The second kappa shape index (κ2) is 7.31. The first kappa shape index (κ1) is 17.5. The molecule has 0 fully saturated rings. The average molecular weight is 343 g/mol. The Morgan fingerprint density at radius 3 is 2.80 bits per heavy atom. The van der Waals surface area contributed by atoms with Gasteiger partial charge in [-0.25, -0.2) is 9.97 Å². The van der Waals surface area contributed by atoms with Gasteiger partial charge in [0.2, 0.25) is 0 Å². The Kier molecular flexibility index (Phi) is 5.13. The first-order valence-electron chi connectivity index (χ1n) is 8.61. The van der Waals surface area contributed by atoms with Gasteiger partial charge in [0.15, 0.2) is 0 Å². The molecule has 1 aliphatic rings. The van der Waals surface area contributed by atoms with Crippen molar-refractivity contribution in [3.05, 3.63) is 41.5 Å². The smallest absolute Gasteiger partial charge is 0.274 e. The van der Waals surface area contributed by atoms with Gasteiger partial charge in [0.05, 0.1) is 37.1 Å². The van der Waals surface area contributed by atoms with Crippen LogP contribution >= 0.6 is 0 Å². The third-order valence-corrected chi connectivity index (χ3v) is 4.29. The van der Waals surface area contributed by atoms with Crippen molar-refractivity contribution < 1.29 is 9.53 Å². The number of imidazole rings is 1. The molecule has 0 radical (unpaired) electrons. The Morgan fingerprint density at radius 2 is 2.12 bits per heavy atom. The van der Waals surface area contributed by atoms with Crippen LogP contribution in [0.25, 0.3) is 0 Å². The van der Waals surface area contributed by atoms with E-state index in [1.54, 1.807) is 17.4 Å². The van der Waals surface area contributed by atoms with Gasteiger partial charge in [-0.05, 0) is 12.8 Å². The van der Waals surface area contributed by atoms with E-state index in [2.05, 4.69) is 28.8 Å². The molecule has 1 amide bonds. The van der Waals surface area contributed by atoms with Crippen LogP contribution in [0.3, 0.4) is 0 Å². The lowest BCUT2D eigenvalue weighted by Gasteiger charge is -2.32. The molecule has 1 aliphatic heterocycles. The molecule has 7 heteroatoms. The molecule has 0 saturated carbocycles. The summed E-state index contributed by atoms with van der Waals surface area (Å²) in [5, 5.41) is 0. The number of rotatable bonds is 5. The molecule has 3 heterocycles. The van der Waals surface area contributed by atoms with Gasteiger partial charge < -0.3 is 14.2 Å².